The van der Waals surface area contributed by atoms with Crippen LogP contribution in [0, 0.1) is 0 Å². The Morgan fingerprint density at radius 2 is 2.00 bits per heavy atom. The van der Waals surface area contributed by atoms with Gasteiger partial charge in [-0.25, -0.2) is 14.6 Å². The molecule has 150 valence electrons. The first kappa shape index (κ1) is 18.5. The second-order valence-corrected chi connectivity index (χ2v) is 8.29. The number of rotatable bonds is 4. The molecule has 5 aromatic rings. The number of pyridine rings is 1. The van der Waals surface area contributed by atoms with E-state index in [0.29, 0.717) is 33.2 Å². The molecule has 0 N–H and O–H groups in total. The first-order valence-corrected chi connectivity index (χ1v) is 10.4. The van der Waals surface area contributed by atoms with Gasteiger partial charge in [-0.3, -0.25) is 9.69 Å². The molecule has 0 saturated carbocycles. The summed E-state index contributed by atoms with van der Waals surface area (Å²) >= 11 is 1.48. The van der Waals surface area contributed by atoms with E-state index >= 15 is 0 Å². The van der Waals surface area contributed by atoms with Gasteiger partial charge in [0.15, 0.2) is 16.5 Å². The summed E-state index contributed by atoms with van der Waals surface area (Å²) in [6.45, 7) is 4.06. The van der Waals surface area contributed by atoms with Crippen LogP contribution in [0.4, 0.5) is 5.13 Å². The number of para-hydroxylation sites is 1. The van der Waals surface area contributed by atoms with Crippen molar-refractivity contribution in [1.82, 2.24) is 19.7 Å². The molecule has 0 atom stereocenters. The van der Waals surface area contributed by atoms with E-state index < -0.39 is 0 Å². The Morgan fingerprint density at radius 3 is 2.73 bits per heavy atom. The van der Waals surface area contributed by atoms with Crippen molar-refractivity contribution >= 4 is 43.6 Å². The zero-order valence-corrected chi connectivity index (χ0v) is 17.6. The van der Waals surface area contributed by atoms with Crippen molar-refractivity contribution in [1.29, 1.82) is 0 Å². The normalized spacial score (nSPS) is 11.6. The summed E-state index contributed by atoms with van der Waals surface area (Å²) in [7, 11) is 1.74. The fourth-order valence-electron chi connectivity index (χ4n) is 3.39. The summed E-state index contributed by atoms with van der Waals surface area (Å²) in [5.41, 5.74) is 2.64. The number of nitrogens with zero attached hydrogens (tertiary/aromatic N) is 5. The highest BCUT2D eigenvalue weighted by Gasteiger charge is 2.23. The Hall–Kier alpha value is -3.52. The number of thiazole rings is 1. The van der Waals surface area contributed by atoms with Crippen molar-refractivity contribution in [2.75, 3.05) is 11.9 Å². The van der Waals surface area contributed by atoms with E-state index in [1.165, 1.54) is 11.3 Å². The van der Waals surface area contributed by atoms with Gasteiger partial charge in [-0.1, -0.05) is 23.5 Å². The number of hydrogen-bond acceptors (Lipinski definition) is 6. The number of amides is 1. The summed E-state index contributed by atoms with van der Waals surface area (Å²) in [6.07, 6.45) is 3.30. The highest BCUT2D eigenvalue weighted by Crippen LogP contribution is 2.31. The number of benzene rings is 1. The number of anilines is 1. The lowest BCUT2D eigenvalue weighted by Crippen LogP contribution is -2.26. The second kappa shape index (κ2) is 7.07. The maximum absolute atomic E-state index is 13.5. The molecular weight excluding hydrogens is 398 g/mol. The molecule has 0 radical (unpaired) electrons. The molecule has 4 heterocycles. The summed E-state index contributed by atoms with van der Waals surface area (Å²) in [5.74, 6) is 0.433. The monoisotopic (exact) mass is 417 g/mol. The smallest absolute Gasteiger partial charge is 0.260 e. The van der Waals surface area contributed by atoms with Gasteiger partial charge in [-0.15, -0.1) is 0 Å². The minimum Gasteiger partial charge on any atom is -0.463 e. The number of furan rings is 1. The average molecular weight is 417 g/mol. The largest absolute Gasteiger partial charge is 0.463 e. The van der Waals surface area contributed by atoms with Crippen LogP contribution in [-0.2, 0) is 0 Å². The Labute approximate surface area is 176 Å². The van der Waals surface area contributed by atoms with Crippen LogP contribution in [0.2, 0.25) is 0 Å². The first-order valence-electron chi connectivity index (χ1n) is 9.58. The molecule has 30 heavy (non-hydrogen) atoms. The highest BCUT2D eigenvalue weighted by molar-refractivity contribution is 7.22. The van der Waals surface area contributed by atoms with E-state index in [1.54, 1.807) is 36.5 Å². The molecule has 0 aliphatic carbocycles. The molecule has 7 nitrogen and oxygen atoms in total. The predicted octanol–water partition coefficient (Wildman–Crippen LogP) is 5.16. The number of hydrogen-bond donors (Lipinski definition) is 0. The highest BCUT2D eigenvalue weighted by atomic mass is 32.1. The molecule has 5 rings (SSSR count). The van der Waals surface area contributed by atoms with Crippen LogP contribution in [0.15, 0.2) is 59.3 Å². The van der Waals surface area contributed by atoms with Crippen molar-refractivity contribution < 1.29 is 9.21 Å². The Bertz CT molecular complexity index is 1330. The molecule has 8 heteroatoms. The second-order valence-electron chi connectivity index (χ2n) is 7.28. The number of fused-ring (bicyclic) bond motifs is 2. The number of aromatic nitrogens is 4. The van der Waals surface area contributed by atoms with Gasteiger partial charge in [0.1, 0.15) is 5.69 Å². The molecule has 4 aromatic heterocycles. The fourth-order valence-corrected chi connectivity index (χ4v) is 4.32. The molecule has 0 aliphatic heterocycles. The van der Waals surface area contributed by atoms with Crippen LogP contribution in [0.3, 0.4) is 0 Å². The standard InChI is InChI=1S/C22H19N5O2S/c1-13(2)27-20-15(12-23-27)14(11-17(24-20)18-8-6-10-29-18)21(28)26(3)22-25-16-7-4-5-9-19(16)30-22/h4-13H,1-3H3. The van der Waals surface area contributed by atoms with Crippen LogP contribution < -0.4 is 4.90 Å². The quantitative estimate of drug-likeness (QED) is 0.404. The van der Waals surface area contributed by atoms with Crippen LogP contribution in [0.5, 0.6) is 0 Å². The summed E-state index contributed by atoms with van der Waals surface area (Å²) in [6, 6.07) is 13.4. The van der Waals surface area contributed by atoms with Crippen LogP contribution in [0.25, 0.3) is 32.7 Å². The van der Waals surface area contributed by atoms with E-state index in [4.69, 9.17) is 9.40 Å². The molecule has 0 fully saturated rings. The van der Waals surface area contributed by atoms with Crippen molar-refractivity contribution in [2.24, 2.45) is 0 Å². The maximum atomic E-state index is 13.5. The molecule has 0 aliphatic rings. The summed E-state index contributed by atoms with van der Waals surface area (Å²) in [4.78, 5) is 24.5. The Balaban J connectivity index is 1.65. The van der Waals surface area contributed by atoms with E-state index in [-0.39, 0.29) is 11.9 Å². The van der Waals surface area contributed by atoms with Crippen molar-refractivity contribution in [3.05, 3.63) is 60.5 Å². The van der Waals surface area contributed by atoms with E-state index in [0.717, 1.165) is 10.2 Å². The molecular formula is C22H19N5O2S. The van der Waals surface area contributed by atoms with Crippen molar-refractivity contribution in [3.63, 3.8) is 0 Å². The summed E-state index contributed by atoms with van der Waals surface area (Å²) < 4.78 is 8.39. The minimum atomic E-state index is -0.169. The zero-order chi connectivity index (χ0) is 20.8. The van der Waals surface area contributed by atoms with E-state index in [1.807, 2.05) is 48.9 Å². The topological polar surface area (TPSA) is 77.0 Å². The van der Waals surface area contributed by atoms with Gasteiger partial charge >= 0.3 is 0 Å². The zero-order valence-electron chi connectivity index (χ0n) is 16.7. The van der Waals surface area contributed by atoms with Gasteiger partial charge in [0.25, 0.3) is 5.91 Å². The Morgan fingerprint density at radius 1 is 1.17 bits per heavy atom. The molecule has 0 spiro atoms. The van der Waals surface area contributed by atoms with Gasteiger partial charge in [0.05, 0.1) is 33.6 Å². The van der Waals surface area contributed by atoms with E-state index in [9.17, 15) is 4.79 Å². The molecule has 0 saturated heterocycles. The first-order chi connectivity index (χ1) is 14.5. The van der Waals surface area contributed by atoms with Gasteiger partial charge < -0.3 is 4.42 Å². The van der Waals surface area contributed by atoms with Crippen LogP contribution in [-0.4, -0.2) is 32.7 Å². The Kier molecular flexibility index (Phi) is 4.36. The third kappa shape index (κ3) is 2.96. The number of carbonyl (C=O) groups excluding carboxylic acids is 1. The van der Waals surface area contributed by atoms with Gasteiger partial charge in [-0.05, 0) is 44.2 Å². The molecule has 0 bridgehead atoms. The molecule has 1 aromatic carbocycles. The minimum absolute atomic E-state index is 0.104. The average Bonchev–Trinajstić information content (AvgIpc) is 3.50. The third-order valence-corrected chi connectivity index (χ3v) is 6.05. The number of carbonyl (C=O) groups is 1. The van der Waals surface area contributed by atoms with Crippen molar-refractivity contribution in [2.45, 2.75) is 19.9 Å². The van der Waals surface area contributed by atoms with Gasteiger partial charge in [0, 0.05) is 13.1 Å². The van der Waals surface area contributed by atoms with Gasteiger partial charge in [-0.2, -0.15) is 5.10 Å². The summed E-state index contributed by atoms with van der Waals surface area (Å²) in [5, 5.41) is 5.81. The SMILES string of the molecule is CC(C)n1ncc2c(C(=O)N(C)c3nc4ccccc4s3)cc(-c3ccco3)nc21. The molecule has 0 unspecified atom stereocenters. The third-order valence-electron chi connectivity index (χ3n) is 4.93. The lowest BCUT2D eigenvalue weighted by molar-refractivity contribution is 0.0994. The van der Waals surface area contributed by atoms with Gasteiger partial charge in [0.2, 0.25) is 0 Å². The maximum Gasteiger partial charge on any atom is 0.260 e. The van der Waals surface area contributed by atoms with Crippen LogP contribution >= 0.6 is 11.3 Å². The van der Waals surface area contributed by atoms with Crippen LogP contribution in [0.1, 0.15) is 30.2 Å². The molecule has 1 amide bonds. The fraction of sp³-hybridized carbons (Fsp3) is 0.182. The lowest BCUT2D eigenvalue weighted by Gasteiger charge is -2.15. The van der Waals surface area contributed by atoms with E-state index in [2.05, 4.69) is 10.1 Å². The predicted molar refractivity (Wildman–Crippen MR) is 118 cm³/mol. The van der Waals surface area contributed by atoms with Crippen molar-refractivity contribution in [3.8, 4) is 11.5 Å². The lowest BCUT2D eigenvalue weighted by atomic mass is 10.1.